The lowest BCUT2D eigenvalue weighted by molar-refractivity contribution is 0.0833. The largest absolute Gasteiger partial charge is 0.0502 e. The lowest BCUT2D eigenvalue weighted by Gasteiger charge is -2.43. The Balaban J connectivity index is 1.90. The van der Waals surface area contributed by atoms with Crippen LogP contribution in [0.15, 0.2) is 0 Å². The quantitative estimate of drug-likeness (QED) is 0.529. The summed E-state index contributed by atoms with van der Waals surface area (Å²) in [7, 11) is 0. The van der Waals surface area contributed by atoms with Crippen LogP contribution < -0.4 is 0 Å². The standard InChI is InChI=1S/C13H21/c1-9-11-4-2-10-3-5-12(7-6-11)13(9)8-10/h9-13H,1-8H2. The van der Waals surface area contributed by atoms with Crippen molar-refractivity contribution in [2.75, 3.05) is 0 Å². The van der Waals surface area contributed by atoms with Crippen molar-refractivity contribution in [3.05, 3.63) is 6.92 Å². The highest BCUT2D eigenvalue weighted by Gasteiger charge is 2.42. The highest BCUT2D eigenvalue weighted by atomic mass is 14.5. The SMILES string of the molecule is [CH2]C1C2CCC3CCC(CC2)C1C3. The molecular formula is C13H21. The van der Waals surface area contributed by atoms with E-state index in [9.17, 15) is 0 Å². The van der Waals surface area contributed by atoms with E-state index >= 15 is 0 Å². The molecule has 3 aliphatic carbocycles. The van der Waals surface area contributed by atoms with Crippen LogP contribution in [-0.4, -0.2) is 0 Å². The molecule has 3 saturated carbocycles. The first kappa shape index (κ1) is 8.32. The molecule has 3 bridgehead atoms. The fraction of sp³-hybridized carbons (Fsp3) is 0.923. The van der Waals surface area contributed by atoms with Crippen molar-refractivity contribution in [2.24, 2.45) is 29.6 Å². The summed E-state index contributed by atoms with van der Waals surface area (Å²) in [5.74, 6) is 5.02. The van der Waals surface area contributed by atoms with Crippen LogP contribution in [0.1, 0.15) is 44.9 Å². The van der Waals surface area contributed by atoms with Gasteiger partial charge in [-0.1, -0.05) is 12.8 Å². The second kappa shape index (κ2) is 3.00. The Kier molecular flexibility index (Phi) is 1.92. The third-order valence-electron chi connectivity index (χ3n) is 5.17. The third kappa shape index (κ3) is 1.25. The fourth-order valence-corrected chi connectivity index (χ4v) is 4.30. The van der Waals surface area contributed by atoms with E-state index in [-0.39, 0.29) is 0 Å². The molecule has 0 aromatic rings. The van der Waals surface area contributed by atoms with Gasteiger partial charge in [0.2, 0.25) is 0 Å². The molecule has 5 atom stereocenters. The summed E-state index contributed by atoms with van der Waals surface area (Å²) < 4.78 is 0. The van der Waals surface area contributed by atoms with E-state index in [0.717, 1.165) is 29.6 Å². The molecule has 0 amide bonds. The zero-order valence-corrected chi connectivity index (χ0v) is 8.54. The maximum Gasteiger partial charge on any atom is -0.0352 e. The number of fused-ring (bicyclic) bond motifs is 2. The Morgan fingerprint density at radius 2 is 1.38 bits per heavy atom. The Morgan fingerprint density at radius 1 is 0.769 bits per heavy atom. The van der Waals surface area contributed by atoms with Gasteiger partial charge < -0.3 is 0 Å². The van der Waals surface area contributed by atoms with Crippen LogP contribution >= 0.6 is 0 Å². The van der Waals surface area contributed by atoms with Crippen molar-refractivity contribution < 1.29 is 0 Å². The summed E-state index contributed by atoms with van der Waals surface area (Å²) in [6.07, 6.45) is 10.7. The van der Waals surface area contributed by atoms with E-state index in [1.165, 1.54) is 38.5 Å². The summed E-state index contributed by atoms with van der Waals surface area (Å²) in [6.45, 7) is 4.46. The third-order valence-corrected chi connectivity index (χ3v) is 5.17. The minimum absolute atomic E-state index is 0.823. The van der Waals surface area contributed by atoms with Crippen molar-refractivity contribution in [2.45, 2.75) is 44.9 Å². The van der Waals surface area contributed by atoms with E-state index < -0.39 is 0 Å². The summed E-state index contributed by atoms with van der Waals surface area (Å²) in [5.41, 5.74) is 0. The molecule has 13 heavy (non-hydrogen) atoms. The highest BCUT2D eigenvalue weighted by molar-refractivity contribution is 4.95. The van der Waals surface area contributed by atoms with Crippen molar-refractivity contribution >= 4 is 0 Å². The molecule has 1 radical (unpaired) electrons. The molecule has 3 aliphatic rings. The van der Waals surface area contributed by atoms with E-state index in [4.69, 9.17) is 0 Å². The zero-order chi connectivity index (χ0) is 8.84. The zero-order valence-electron chi connectivity index (χ0n) is 8.54. The Morgan fingerprint density at radius 3 is 2.23 bits per heavy atom. The van der Waals surface area contributed by atoms with Crippen LogP contribution in [0.4, 0.5) is 0 Å². The predicted molar refractivity (Wildman–Crippen MR) is 55.1 cm³/mol. The molecule has 0 N–H and O–H groups in total. The van der Waals surface area contributed by atoms with Crippen molar-refractivity contribution in [3.8, 4) is 0 Å². The Hall–Kier alpha value is 0. The van der Waals surface area contributed by atoms with Gasteiger partial charge in [-0.2, -0.15) is 0 Å². The normalized spacial score (nSPS) is 54.7. The molecule has 0 heteroatoms. The molecule has 73 valence electrons. The number of hydrogen-bond donors (Lipinski definition) is 0. The van der Waals surface area contributed by atoms with E-state index in [1.54, 1.807) is 6.42 Å². The van der Waals surface area contributed by atoms with Crippen LogP contribution in [-0.2, 0) is 0 Å². The minimum atomic E-state index is 0.823. The van der Waals surface area contributed by atoms with Gasteiger partial charge in [-0.25, -0.2) is 0 Å². The van der Waals surface area contributed by atoms with Gasteiger partial charge in [0.25, 0.3) is 0 Å². The monoisotopic (exact) mass is 177 g/mol. The Labute approximate surface area is 82.1 Å². The van der Waals surface area contributed by atoms with Crippen LogP contribution in [0.25, 0.3) is 0 Å². The molecular weight excluding hydrogens is 156 g/mol. The molecule has 3 rings (SSSR count). The average molecular weight is 177 g/mol. The van der Waals surface area contributed by atoms with Gasteiger partial charge in [0.1, 0.15) is 0 Å². The number of rotatable bonds is 0. The summed E-state index contributed by atoms with van der Waals surface area (Å²) in [4.78, 5) is 0. The first-order valence-corrected chi connectivity index (χ1v) is 6.17. The number of hydrogen-bond acceptors (Lipinski definition) is 0. The summed E-state index contributed by atoms with van der Waals surface area (Å²) in [5, 5.41) is 0. The average Bonchev–Trinajstić information content (AvgIpc) is 2.29. The van der Waals surface area contributed by atoms with Gasteiger partial charge in [0, 0.05) is 0 Å². The van der Waals surface area contributed by atoms with Gasteiger partial charge in [-0.3, -0.25) is 0 Å². The van der Waals surface area contributed by atoms with Gasteiger partial charge in [-0.15, -0.1) is 0 Å². The van der Waals surface area contributed by atoms with Crippen molar-refractivity contribution in [1.29, 1.82) is 0 Å². The van der Waals surface area contributed by atoms with E-state index in [1.807, 2.05) is 0 Å². The van der Waals surface area contributed by atoms with E-state index in [0.29, 0.717) is 0 Å². The first-order chi connectivity index (χ1) is 6.34. The second-order valence-electron chi connectivity index (χ2n) is 5.68. The minimum Gasteiger partial charge on any atom is -0.0502 e. The lowest BCUT2D eigenvalue weighted by Crippen LogP contribution is -2.34. The second-order valence-corrected chi connectivity index (χ2v) is 5.68. The van der Waals surface area contributed by atoms with Crippen molar-refractivity contribution in [3.63, 3.8) is 0 Å². The maximum atomic E-state index is 4.46. The molecule has 0 aromatic heterocycles. The van der Waals surface area contributed by atoms with Crippen LogP contribution in [0.2, 0.25) is 0 Å². The molecule has 0 aliphatic heterocycles. The molecule has 3 fully saturated rings. The fourth-order valence-electron chi connectivity index (χ4n) is 4.30. The molecule has 0 spiro atoms. The van der Waals surface area contributed by atoms with Crippen LogP contribution in [0.5, 0.6) is 0 Å². The smallest absolute Gasteiger partial charge is 0.0352 e. The van der Waals surface area contributed by atoms with Gasteiger partial charge >= 0.3 is 0 Å². The Bertz CT molecular complexity index is 192. The summed E-state index contributed by atoms with van der Waals surface area (Å²) >= 11 is 0. The topological polar surface area (TPSA) is 0 Å². The van der Waals surface area contributed by atoms with E-state index in [2.05, 4.69) is 6.92 Å². The predicted octanol–water partition coefficient (Wildman–Crippen LogP) is 3.67. The first-order valence-electron chi connectivity index (χ1n) is 6.17. The van der Waals surface area contributed by atoms with Gasteiger partial charge in [0.15, 0.2) is 0 Å². The molecule has 0 heterocycles. The van der Waals surface area contributed by atoms with Gasteiger partial charge in [0.05, 0.1) is 0 Å². The van der Waals surface area contributed by atoms with Crippen molar-refractivity contribution in [1.82, 2.24) is 0 Å². The molecule has 0 aromatic carbocycles. The maximum absolute atomic E-state index is 4.46. The van der Waals surface area contributed by atoms with Crippen LogP contribution in [0, 0.1) is 36.5 Å². The molecule has 0 nitrogen and oxygen atoms in total. The molecule has 5 unspecified atom stereocenters. The summed E-state index contributed by atoms with van der Waals surface area (Å²) in [6, 6.07) is 0. The van der Waals surface area contributed by atoms with Crippen LogP contribution in [0.3, 0.4) is 0 Å². The molecule has 0 saturated heterocycles. The lowest BCUT2D eigenvalue weighted by atomic mass is 9.62. The van der Waals surface area contributed by atoms with Gasteiger partial charge in [-0.05, 0) is 68.6 Å². The highest BCUT2D eigenvalue weighted by Crippen LogP contribution is 2.52.